The van der Waals surface area contributed by atoms with E-state index in [1.807, 2.05) is 91.9 Å². The van der Waals surface area contributed by atoms with Crippen molar-refractivity contribution >= 4 is 16.8 Å². The molecule has 0 saturated heterocycles. The maximum absolute atomic E-state index is 14.1. The topological polar surface area (TPSA) is 80.0 Å². The smallest absolute Gasteiger partial charge is 0.268 e. The maximum atomic E-state index is 14.1. The standard InChI is InChI=1S/C28H26N4O2/c1-20(21-12-6-4-7-13-21)31(19-29)28(33)26-23-16-10-11-17-25(23)30-27(22-14-8-5-9-15-22)24(26)18-32(2,3)34/h4-17,20H,18H2,1-3H3. The Morgan fingerprint density at radius 2 is 1.59 bits per heavy atom. The van der Waals surface area contributed by atoms with Crippen LogP contribution in [0.1, 0.15) is 34.5 Å². The van der Waals surface area contributed by atoms with E-state index in [-0.39, 0.29) is 6.54 Å². The molecule has 3 aromatic carbocycles. The van der Waals surface area contributed by atoms with Gasteiger partial charge >= 0.3 is 0 Å². The van der Waals surface area contributed by atoms with Gasteiger partial charge in [-0.1, -0.05) is 78.9 Å². The summed E-state index contributed by atoms with van der Waals surface area (Å²) in [5, 5.41) is 23.5. The van der Waals surface area contributed by atoms with Crippen LogP contribution in [0.3, 0.4) is 0 Å². The minimum Gasteiger partial charge on any atom is -0.633 e. The molecule has 0 bridgehead atoms. The Morgan fingerprint density at radius 1 is 1.00 bits per heavy atom. The number of para-hydroxylation sites is 1. The highest BCUT2D eigenvalue weighted by Gasteiger charge is 2.30. The quantitative estimate of drug-likeness (QED) is 0.164. The molecule has 0 fully saturated rings. The third kappa shape index (κ3) is 4.67. The van der Waals surface area contributed by atoms with Crippen LogP contribution >= 0.6 is 0 Å². The van der Waals surface area contributed by atoms with Crippen molar-refractivity contribution in [1.82, 2.24) is 9.88 Å². The van der Waals surface area contributed by atoms with Gasteiger partial charge in [0.25, 0.3) is 5.91 Å². The first kappa shape index (κ1) is 23.1. The van der Waals surface area contributed by atoms with Crippen LogP contribution in [0.2, 0.25) is 0 Å². The lowest BCUT2D eigenvalue weighted by Gasteiger charge is -2.35. The fraction of sp³-hybridized carbons (Fsp3) is 0.179. The number of nitrogens with zero attached hydrogens (tertiary/aromatic N) is 4. The van der Waals surface area contributed by atoms with E-state index >= 15 is 0 Å². The summed E-state index contributed by atoms with van der Waals surface area (Å²) >= 11 is 0. The third-order valence-electron chi connectivity index (χ3n) is 5.79. The number of fused-ring (bicyclic) bond motifs is 1. The van der Waals surface area contributed by atoms with E-state index in [0.717, 1.165) is 11.1 Å². The van der Waals surface area contributed by atoms with Crippen LogP contribution < -0.4 is 0 Å². The molecule has 1 heterocycles. The van der Waals surface area contributed by atoms with Gasteiger partial charge in [-0.15, -0.1) is 0 Å². The second-order valence-electron chi connectivity index (χ2n) is 8.79. The van der Waals surface area contributed by atoms with Crippen LogP contribution in [0, 0.1) is 16.7 Å². The van der Waals surface area contributed by atoms with Crippen LogP contribution in [0.15, 0.2) is 84.9 Å². The molecule has 0 spiro atoms. The molecule has 0 aliphatic carbocycles. The van der Waals surface area contributed by atoms with Gasteiger partial charge in [0.2, 0.25) is 0 Å². The third-order valence-corrected chi connectivity index (χ3v) is 5.79. The van der Waals surface area contributed by atoms with Crippen molar-refractivity contribution in [2.75, 3.05) is 14.1 Å². The van der Waals surface area contributed by atoms with Crippen LogP contribution in [0.5, 0.6) is 0 Å². The molecular formula is C28H26N4O2. The molecule has 1 unspecified atom stereocenters. The normalized spacial score (nSPS) is 12.2. The summed E-state index contributed by atoms with van der Waals surface area (Å²) in [7, 11) is 3.07. The van der Waals surface area contributed by atoms with Gasteiger partial charge in [0.05, 0.1) is 36.9 Å². The highest BCUT2D eigenvalue weighted by atomic mass is 16.5. The van der Waals surface area contributed by atoms with Crippen LogP contribution in [0.25, 0.3) is 22.2 Å². The molecule has 0 radical (unpaired) electrons. The molecule has 0 aliphatic heterocycles. The van der Waals surface area contributed by atoms with E-state index < -0.39 is 16.6 Å². The van der Waals surface area contributed by atoms with Gasteiger partial charge in [0.1, 0.15) is 6.54 Å². The van der Waals surface area contributed by atoms with E-state index in [9.17, 15) is 15.3 Å². The van der Waals surface area contributed by atoms with Crippen molar-refractivity contribution < 1.29 is 9.44 Å². The minimum atomic E-state index is -0.638. The molecule has 0 aliphatic rings. The van der Waals surface area contributed by atoms with E-state index in [1.54, 1.807) is 0 Å². The number of pyridine rings is 1. The van der Waals surface area contributed by atoms with Crippen molar-refractivity contribution in [2.24, 2.45) is 0 Å². The lowest BCUT2D eigenvalue weighted by Crippen LogP contribution is -2.35. The molecule has 1 amide bonds. The number of carbonyl (C=O) groups is 1. The molecule has 1 atom stereocenters. The number of rotatable bonds is 6. The Labute approximate surface area is 199 Å². The zero-order valence-electron chi connectivity index (χ0n) is 19.5. The predicted octanol–water partition coefficient (Wildman–Crippen LogP) is 5.66. The first-order chi connectivity index (χ1) is 16.3. The molecule has 6 nitrogen and oxygen atoms in total. The molecule has 0 N–H and O–H groups in total. The molecule has 34 heavy (non-hydrogen) atoms. The van der Waals surface area contributed by atoms with Gasteiger partial charge in [-0.05, 0) is 18.6 Å². The second kappa shape index (κ2) is 9.44. The van der Waals surface area contributed by atoms with Crippen LogP contribution in [-0.2, 0) is 6.54 Å². The predicted molar refractivity (Wildman–Crippen MR) is 133 cm³/mol. The minimum absolute atomic E-state index is 0.0299. The lowest BCUT2D eigenvalue weighted by molar-refractivity contribution is -0.853. The Bertz CT molecular complexity index is 1360. The second-order valence-corrected chi connectivity index (χ2v) is 8.79. The van der Waals surface area contributed by atoms with Crippen LogP contribution in [0.4, 0.5) is 0 Å². The Morgan fingerprint density at radius 3 is 2.21 bits per heavy atom. The number of hydrogen-bond acceptors (Lipinski definition) is 4. The van der Waals surface area contributed by atoms with Crippen LogP contribution in [-0.4, -0.2) is 34.5 Å². The van der Waals surface area contributed by atoms with Gasteiger partial charge in [0, 0.05) is 16.5 Å². The van der Waals surface area contributed by atoms with E-state index in [4.69, 9.17) is 4.98 Å². The van der Waals surface area contributed by atoms with Crippen molar-refractivity contribution in [3.8, 4) is 17.5 Å². The summed E-state index contributed by atoms with van der Waals surface area (Å²) in [6, 6.07) is 25.8. The summed E-state index contributed by atoms with van der Waals surface area (Å²) in [4.78, 5) is 20.1. The van der Waals surface area contributed by atoms with Gasteiger partial charge in [0.15, 0.2) is 6.19 Å². The fourth-order valence-electron chi connectivity index (χ4n) is 4.17. The van der Waals surface area contributed by atoms with Crippen molar-refractivity contribution in [2.45, 2.75) is 19.5 Å². The molecule has 6 heteroatoms. The van der Waals surface area contributed by atoms with Gasteiger partial charge in [-0.3, -0.25) is 4.79 Å². The summed E-state index contributed by atoms with van der Waals surface area (Å²) in [5.74, 6) is -0.446. The zero-order valence-corrected chi connectivity index (χ0v) is 19.5. The number of aromatic nitrogens is 1. The van der Waals surface area contributed by atoms with E-state index in [2.05, 4.69) is 6.19 Å². The van der Waals surface area contributed by atoms with Crippen molar-refractivity contribution in [1.29, 1.82) is 5.26 Å². The average Bonchev–Trinajstić information content (AvgIpc) is 2.84. The van der Waals surface area contributed by atoms with Gasteiger partial charge in [-0.25, -0.2) is 9.88 Å². The summed E-state index contributed by atoms with van der Waals surface area (Å²) in [6.07, 6.45) is 2.09. The number of amides is 1. The molecule has 1 aromatic heterocycles. The number of benzene rings is 3. The summed E-state index contributed by atoms with van der Waals surface area (Å²) in [6.45, 7) is 1.85. The van der Waals surface area contributed by atoms with Gasteiger partial charge in [-0.2, -0.15) is 5.26 Å². The maximum Gasteiger partial charge on any atom is 0.268 e. The first-order valence-electron chi connectivity index (χ1n) is 11.1. The molecule has 0 saturated carbocycles. The highest BCUT2D eigenvalue weighted by Crippen LogP contribution is 2.34. The summed E-state index contributed by atoms with van der Waals surface area (Å²) < 4.78 is -0.638. The van der Waals surface area contributed by atoms with E-state index in [1.165, 1.54) is 19.0 Å². The Kier molecular flexibility index (Phi) is 6.42. The Balaban J connectivity index is 1.99. The molecular weight excluding hydrogens is 424 g/mol. The number of carbonyl (C=O) groups excluding carboxylic acids is 1. The van der Waals surface area contributed by atoms with Gasteiger partial charge < -0.3 is 9.85 Å². The fourth-order valence-corrected chi connectivity index (χ4v) is 4.17. The molecule has 4 rings (SSSR count). The Hall–Kier alpha value is -4.05. The van der Waals surface area contributed by atoms with E-state index in [0.29, 0.717) is 27.7 Å². The van der Waals surface area contributed by atoms with Crippen molar-refractivity contribution in [3.63, 3.8) is 0 Å². The summed E-state index contributed by atoms with van der Waals surface area (Å²) in [5.41, 5.74) is 3.75. The first-order valence-corrected chi connectivity index (χ1v) is 11.1. The highest BCUT2D eigenvalue weighted by molar-refractivity contribution is 6.09. The average molecular weight is 451 g/mol. The number of nitriles is 1. The monoisotopic (exact) mass is 450 g/mol. The molecule has 170 valence electrons. The molecule has 4 aromatic rings. The van der Waals surface area contributed by atoms with Crippen molar-refractivity contribution in [3.05, 3.63) is 107 Å². The largest absolute Gasteiger partial charge is 0.633 e. The number of hydrogen-bond donors (Lipinski definition) is 0. The number of quaternary nitrogens is 1. The SMILES string of the molecule is CC(c1ccccc1)N(C#N)C(=O)c1c(C[N+](C)(C)[O-])c(-c2ccccc2)nc2ccccc12. The zero-order chi connectivity index (χ0) is 24.3. The lowest BCUT2D eigenvalue weighted by atomic mass is 9.94. The number of hydroxylamine groups is 3.